The molecule has 6 heteroatoms. The summed E-state index contributed by atoms with van der Waals surface area (Å²) in [4.78, 5) is 0. The number of hydrogen-bond donors (Lipinski definition) is 0. The molecule has 0 amide bonds. The van der Waals surface area contributed by atoms with Gasteiger partial charge in [-0.05, 0) is 24.0 Å². The van der Waals surface area contributed by atoms with Crippen molar-refractivity contribution in [3.8, 4) is 0 Å². The summed E-state index contributed by atoms with van der Waals surface area (Å²) in [6.45, 7) is 2.93. The van der Waals surface area contributed by atoms with Gasteiger partial charge >= 0.3 is 6.18 Å². The number of hydrogen-bond acceptors (Lipinski definition) is 2. The highest BCUT2D eigenvalue weighted by Crippen LogP contribution is 2.33. The molecule has 0 saturated heterocycles. The Balaban J connectivity index is 1.92. The summed E-state index contributed by atoms with van der Waals surface area (Å²) in [5.41, 5.74) is -0.342. The van der Waals surface area contributed by atoms with Crippen molar-refractivity contribution in [1.82, 2.24) is 14.8 Å². The Morgan fingerprint density at radius 3 is 2.76 bits per heavy atom. The summed E-state index contributed by atoms with van der Waals surface area (Å²) in [6.07, 6.45) is -2.32. The Morgan fingerprint density at radius 1 is 1.24 bits per heavy atom. The van der Waals surface area contributed by atoms with E-state index in [1.165, 1.54) is 12.1 Å². The van der Waals surface area contributed by atoms with Crippen LogP contribution in [0, 0.1) is 5.92 Å². The third kappa shape index (κ3) is 2.80. The van der Waals surface area contributed by atoms with Gasteiger partial charge in [-0.25, -0.2) is 0 Å². The fourth-order valence-electron chi connectivity index (χ4n) is 2.80. The number of benzene rings is 1. The molecule has 112 valence electrons. The molecule has 1 aliphatic heterocycles. The topological polar surface area (TPSA) is 30.7 Å². The van der Waals surface area contributed by atoms with E-state index in [2.05, 4.69) is 17.1 Å². The van der Waals surface area contributed by atoms with E-state index in [1.807, 2.05) is 4.57 Å². The molecule has 0 fully saturated rings. The van der Waals surface area contributed by atoms with Crippen LogP contribution in [0.1, 0.15) is 36.1 Å². The maximum absolute atomic E-state index is 13.0. The lowest BCUT2D eigenvalue weighted by Gasteiger charge is -2.20. The van der Waals surface area contributed by atoms with Gasteiger partial charge < -0.3 is 4.57 Å². The van der Waals surface area contributed by atoms with Crippen LogP contribution >= 0.6 is 0 Å². The van der Waals surface area contributed by atoms with Crippen molar-refractivity contribution in [2.24, 2.45) is 5.92 Å². The first-order chi connectivity index (χ1) is 9.95. The lowest BCUT2D eigenvalue weighted by molar-refractivity contribution is -0.138. The summed E-state index contributed by atoms with van der Waals surface area (Å²) in [5, 5.41) is 8.22. The summed E-state index contributed by atoms with van der Waals surface area (Å²) in [7, 11) is 0. The van der Waals surface area contributed by atoms with Gasteiger partial charge in [0.1, 0.15) is 11.6 Å². The van der Waals surface area contributed by atoms with Gasteiger partial charge in [-0.2, -0.15) is 13.2 Å². The van der Waals surface area contributed by atoms with Crippen LogP contribution in [0.25, 0.3) is 0 Å². The van der Waals surface area contributed by atoms with Crippen molar-refractivity contribution in [2.75, 3.05) is 0 Å². The minimum absolute atomic E-state index is 0.164. The monoisotopic (exact) mass is 295 g/mol. The van der Waals surface area contributed by atoms with Crippen molar-refractivity contribution < 1.29 is 13.2 Å². The molecule has 0 N–H and O–H groups in total. The van der Waals surface area contributed by atoms with Crippen molar-refractivity contribution >= 4 is 0 Å². The average Bonchev–Trinajstić information content (AvgIpc) is 2.80. The van der Waals surface area contributed by atoms with Crippen LogP contribution in [0.5, 0.6) is 0 Å². The number of fused-ring (bicyclic) bond motifs is 1. The van der Waals surface area contributed by atoms with E-state index in [0.29, 0.717) is 11.7 Å². The molecular weight excluding hydrogens is 279 g/mol. The van der Waals surface area contributed by atoms with Crippen molar-refractivity contribution in [3.05, 3.63) is 47.0 Å². The Bertz CT molecular complexity index is 646. The van der Waals surface area contributed by atoms with E-state index in [0.717, 1.165) is 31.3 Å². The number of rotatable bonds is 2. The maximum atomic E-state index is 13.0. The van der Waals surface area contributed by atoms with Crippen molar-refractivity contribution in [1.29, 1.82) is 0 Å². The van der Waals surface area contributed by atoms with Crippen LogP contribution in [0.4, 0.5) is 13.2 Å². The Morgan fingerprint density at radius 2 is 2.00 bits per heavy atom. The Labute approximate surface area is 120 Å². The van der Waals surface area contributed by atoms with Gasteiger partial charge in [0.15, 0.2) is 0 Å². The van der Waals surface area contributed by atoms with Crippen molar-refractivity contribution in [3.63, 3.8) is 0 Å². The summed E-state index contributed by atoms with van der Waals surface area (Å²) < 4.78 is 41.0. The third-order valence-electron chi connectivity index (χ3n) is 3.95. The number of aromatic nitrogens is 3. The van der Waals surface area contributed by atoms with Gasteiger partial charge in [-0.3, -0.25) is 0 Å². The van der Waals surface area contributed by atoms with Crippen molar-refractivity contribution in [2.45, 2.75) is 38.9 Å². The van der Waals surface area contributed by atoms with E-state index in [9.17, 15) is 13.2 Å². The largest absolute Gasteiger partial charge is 0.416 e. The normalized spacial score (nSPS) is 18.6. The summed E-state index contributed by atoms with van der Waals surface area (Å²) >= 11 is 0. The standard InChI is InChI=1S/C15H16F3N3/c1-10-6-7-21-13(8-10)19-20-14(21)9-11-4-2-3-5-12(11)15(16,17)18/h2-5,10H,6-9H2,1H3. The summed E-state index contributed by atoms with van der Waals surface area (Å²) in [5.74, 6) is 2.05. The lowest BCUT2D eigenvalue weighted by Crippen LogP contribution is -2.19. The highest BCUT2D eigenvalue weighted by Gasteiger charge is 2.33. The number of alkyl halides is 3. The van der Waals surface area contributed by atoms with Crippen LogP contribution in [-0.2, 0) is 25.6 Å². The van der Waals surface area contributed by atoms with E-state index >= 15 is 0 Å². The minimum Gasteiger partial charge on any atom is -0.315 e. The third-order valence-corrected chi connectivity index (χ3v) is 3.95. The molecule has 1 aromatic heterocycles. The van der Waals surface area contributed by atoms with Crippen LogP contribution < -0.4 is 0 Å². The van der Waals surface area contributed by atoms with Crippen LogP contribution in [-0.4, -0.2) is 14.8 Å². The molecule has 2 heterocycles. The predicted octanol–water partition coefficient (Wildman–Crippen LogP) is 3.47. The second-order valence-corrected chi connectivity index (χ2v) is 5.61. The quantitative estimate of drug-likeness (QED) is 0.849. The van der Waals surface area contributed by atoms with Crippen LogP contribution in [0.3, 0.4) is 0 Å². The zero-order chi connectivity index (χ0) is 15.0. The molecular formula is C15H16F3N3. The van der Waals surface area contributed by atoms with Crippen LogP contribution in [0.2, 0.25) is 0 Å². The second-order valence-electron chi connectivity index (χ2n) is 5.61. The van der Waals surface area contributed by atoms with Gasteiger partial charge in [0.25, 0.3) is 0 Å². The highest BCUT2D eigenvalue weighted by atomic mass is 19.4. The number of nitrogens with zero attached hydrogens (tertiary/aromatic N) is 3. The van der Waals surface area contributed by atoms with E-state index in [-0.39, 0.29) is 12.0 Å². The second kappa shape index (κ2) is 5.16. The molecule has 1 aromatic carbocycles. The fraction of sp³-hybridized carbons (Fsp3) is 0.467. The van der Waals surface area contributed by atoms with Gasteiger partial charge in [-0.1, -0.05) is 25.1 Å². The molecule has 0 bridgehead atoms. The van der Waals surface area contributed by atoms with Gasteiger partial charge in [0, 0.05) is 19.4 Å². The fourth-order valence-corrected chi connectivity index (χ4v) is 2.80. The zero-order valence-electron chi connectivity index (χ0n) is 11.7. The Hall–Kier alpha value is -1.85. The Kier molecular flexibility index (Phi) is 3.47. The van der Waals surface area contributed by atoms with Gasteiger partial charge in [-0.15, -0.1) is 10.2 Å². The molecule has 1 atom stereocenters. The average molecular weight is 295 g/mol. The van der Waals surface area contributed by atoms with E-state index in [4.69, 9.17) is 0 Å². The molecule has 0 radical (unpaired) electrons. The minimum atomic E-state index is -4.34. The maximum Gasteiger partial charge on any atom is 0.416 e. The first kappa shape index (κ1) is 14.1. The molecule has 0 spiro atoms. The van der Waals surface area contributed by atoms with Gasteiger partial charge in [0.05, 0.1) is 5.56 Å². The lowest BCUT2D eigenvalue weighted by atomic mass is 9.99. The molecule has 2 aromatic rings. The predicted molar refractivity (Wildman–Crippen MR) is 71.8 cm³/mol. The molecule has 1 aliphatic rings. The summed E-state index contributed by atoms with van der Waals surface area (Å²) in [6, 6.07) is 5.66. The van der Waals surface area contributed by atoms with E-state index in [1.54, 1.807) is 6.07 Å². The molecule has 1 unspecified atom stereocenters. The molecule has 0 saturated carbocycles. The molecule has 3 nitrogen and oxygen atoms in total. The van der Waals surface area contributed by atoms with Gasteiger partial charge in [0.2, 0.25) is 0 Å². The molecule has 3 rings (SSSR count). The number of halogens is 3. The van der Waals surface area contributed by atoms with E-state index < -0.39 is 11.7 Å². The molecule has 21 heavy (non-hydrogen) atoms. The first-order valence-corrected chi connectivity index (χ1v) is 7.01. The SMILES string of the molecule is CC1CCn2c(Cc3ccccc3C(F)(F)F)nnc2C1. The smallest absolute Gasteiger partial charge is 0.315 e. The molecule has 0 aliphatic carbocycles. The highest BCUT2D eigenvalue weighted by molar-refractivity contribution is 5.32. The zero-order valence-corrected chi connectivity index (χ0v) is 11.7. The first-order valence-electron chi connectivity index (χ1n) is 7.01. The van der Waals surface area contributed by atoms with Crippen LogP contribution in [0.15, 0.2) is 24.3 Å².